The summed E-state index contributed by atoms with van der Waals surface area (Å²) in [5.41, 5.74) is 0.143. The van der Waals surface area contributed by atoms with Crippen molar-refractivity contribution in [2.75, 3.05) is 6.61 Å². The number of hydrogen-bond donors (Lipinski definition) is 1. The summed E-state index contributed by atoms with van der Waals surface area (Å²) in [7, 11) is 0. The largest absolute Gasteiger partial charge is 0.478 e. The number of ether oxygens (including phenoxy) is 2. The predicted octanol–water partition coefficient (Wildman–Crippen LogP) is 3.12. The van der Waals surface area contributed by atoms with Crippen LogP contribution >= 0.6 is 0 Å². The second-order valence-corrected chi connectivity index (χ2v) is 6.14. The lowest BCUT2D eigenvalue weighted by Gasteiger charge is -2.20. The highest BCUT2D eigenvalue weighted by molar-refractivity contribution is 5.68. The summed E-state index contributed by atoms with van der Waals surface area (Å²) in [6, 6.07) is 3.00. The number of carbonyl (C=O) groups is 1. The minimum atomic E-state index is -0.573. The quantitative estimate of drug-likeness (QED) is 0.896. The van der Waals surface area contributed by atoms with E-state index in [1.54, 1.807) is 46.0 Å². The van der Waals surface area contributed by atoms with Crippen LogP contribution in [0.2, 0.25) is 0 Å². The van der Waals surface area contributed by atoms with E-state index in [-0.39, 0.29) is 5.89 Å². The number of hydrogen-bond acceptors (Lipinski definition) is 7. The van der Waals surface area contributed by atoms with E-state index in [2.05, 4.69) is 20.4 Å². The van der Waals surface area contributed by atoms with Gasteiger partial charge in [0, 0.05) is 17.8 Å². The number of carbonyl (C=O) groups excluding carboxylic acids is 1. The predicted molar refractivity (Wildman–Crippen MR) is 86.5 cm³/mol. The van der Waals surface area contributed by atoms with Crippen molar-refractivity contribution in [2.24, 2.45) is 0 Å². The fraction of sp³-hybridized carbons (Fsp3) is 0.500. The van der Waals surface area contributed by atoms with Crippen LogP contribution in [0.3, 0.4) is 0 Å². The van der Waals surface area contributed by atoms with Crippen molar-refractivity contribution < 1.29 is 18.8 Å². The van der Waals surface area contributed by atoms with Crippen molar-refractivity contribution in [2.45, 2.75) is 46.3 Å². The lowest BCUT2D eigenvalue weighted by molar-refractivity contribution is 0.0499. The number of pyridine rings is 1. The van der Waals surface area contributed by atoms with Gasteiger partial charge in [-0.25, -0.2) is 9.78 Å². The molecule has 2 aromatic heterocycles. The van der Waals surface area contributed by atoms with E-state index in [1.807, 2.05) is 6.92 Å². The maximum atomic E-state index is 11.8. The van der Waals surface area contributed by atoms with Crippen LogP contribution in [0.1, 0.15) is 46.6 Å². The summed E-state index contributed by atoms with van der Waals surface area (Å²) in [5.74, 6) is 1.16. The standard InChI is InChI=1S/C16H22N4O4/c1-6-22-12-9-11(7-8-17-12)13-19-14(24-20-13)10(2)18-15(21)23-16(3,4)5/h7-10H,6H2,1-5H3,(H,18,21)/t10-/m0/s1. The smallest absolute Gasteiger partial charge is 0.408 e. The van der Waals surface area contributed by atoms with E-state index in [0.717, 1.165) is 0 Å². The Bertz CT molecular complexity index is 693. The van der Waals surface area contributed by atoms with E-state index >= 15 is 0 Å². The number of nitrogens with zero attached hydrogens (tertiary/aromatic N) is 3. The first-order valence-electron chi connectivity index (χ1n) is 7.71. The molecule has 0 saturated heterocycles. The molecule has 0 radical (unpaired) electrons. The van der Waals surface area contributed by atoms with E-state index in [9.17, 15) is 4.79 Å². The van der Waals surface area contributed by atoms with E-state index in [0.29, 0.717) is 23.9 Å². The molecule has 130 valence electrons. The van der Waals surface area contributed by atoms with Gasteiger partial charge in [0.2, 0.25) is 17.6 Å². The summed E-state index contributed by atoms with van der Waals surface area (Å²) in [5, 5.41) is 6.58. The first kappa shape index (κ1) is 17.7. The number of rotatable bonds is 5. The highest BCUT2D eigenvalue weighted by Crippen LogP contribution is 2.21. The second-order valence-electron chi connectivity index (χ2n) is 6.14. The monoisotopic (exact) mass is 334 g/mol. The Hall–Kier alpha value is -2.64. The molecule has 2 aromatic rings. The summed E-state index contributed by atoms with van der Waals surface area (Å²) in [4.78, 5) is 20.2. The molecular weight excluding hydrogens is 312 g/mol. The van der Waals surface area contributed by atoms with Crippen molar-refractivity contribution in [1.82, 2.24) is 20.4 Å². The van der Waals surface area contributed by atoms with Crippen molar-refractivity contribution in [1.29, 1.82) is 0 Å². The third-order valence-corrected chi connectivity index (χ3v) is 2.83. The molecule has 1 atom stereocenters. The zero-order valence-electron chi connectivity index (χ0n) is 14.5. The van der Waals surface area contributed by atoms with Crippen LogP contribution in [0, 0.1) is 0 Å². The van der Waals surface area contributed by atoms with Gasteiger partial charge in [-0.3, -0.25) is 0 Å². The molecule has 1 N–H and O–H groups in total. The fourth-order valence-corrected chi connectivity index (χ4v) is 1.85. The molecular formula is C16H22N4O4. The van der Waals surface area contributed by atoms with E-state index in [4.69, 9.17) is 14.0 Å². The Kier molecular flexibility index (Phi) is 5.38. The van der Waals surface area contributed by atoms with Gasteiger partial charge < -0.3 is 19.3 Å². The van der Waals surface area contributed by atoms with Gasteiger partial charge in [-0.15, -0.1) is 0 Å². The van der Waals surface area contributed by atoms with Gasteiger partial charge in [-0.1, -0.05) is 5.16 Å². The van der Waals surface area contributed by atoms with Crippen molar-refractivity contribution in [3.8, 4) is 17.3 Å². The average Bonchev–Trinajstić information content (AvgIpc) is 2.95. The fourth-order valence-electron chi connectivity index (χ4n) is 1.85. The Labute approximate surface area is 140 Å². The van der Waals surface area contributed by atoms with Crippen LogP contribution in [0.4, 0.5) is 4.79 Å². The van der Waals surface area contributed by atoms with Crippen LogP contribution < -0.4 is 10.1 Å². The lowest BCUT2D eigenvalue weighted by atomic mass is 10.2. The molecule has 1 amide bonds. The summed E-state index contributed by atoms with van der Waals surface area (Å²) in [6.07, 6.45) is 1.07. The first-order chi connectivity index (χ1) is 11.3. The molecule has 0 unspecified atom stereocenters. The highest BCUT2D eigenvalue weighted by atomic mass is 16.6. The third kappa shape index (κ3) is 4.94. The molecule has 0 spiro atoms. The molecule has 0 aliphatic carbocycles. The van der Waals surface area contributed by atoms with Gasteiger partial charge >= 0.3 is 6.09 Å². The van der Waals surface area contributed by atoms with Crippen LogP contribution in [0.5, 0.6) is 5.88 Å². The second kappa shape index (κ2) is 7.29. The Morgan fingerprint density at radius 1 is 1.42 bits per heavy atom. The van der Waals surface area contributed by atoms with Gasteiger partial charge in [0.1, 0.15) is 11.6 Å². The minimum absolute atomic E-state index is 0.283. The summed E-state index contributed by atoms with van der Waals surface area (Å²) in [6.45, 7) is 9.51. The molecule has 0 fully saturated rings. The molecule has 24 heavy (non-hydrogen) atoms. The van der Waals surface area contributed by atoms with Gasteiger partial charge in [0.25, 0.3) is 0 Å². The molecule has 2 heterocycles. The van der Waals surface area contributed by atoms with Crippen LogP contribution in [0.25, 0.3) is 11.4 Å². The summed E-state index contributed by atoms with van der Waals surface area (Å²) < 4.78 is 15.8. The van der Waals surface area contributed by atoms with Gasteiger partial charge in [0.05, 0.1) is 6.61 Å². The maximum absolute atomic E-state index is 11.8. The summed E-state index contributed by atoms with van der Waals surface area (Å²) >= 11 is 0. The molecule has 0 aliphatic heterocycles. The van der Waals surface area contributed by atoms with Gasteiger partial charge in [0.15, 0.2) is 0 Å². The van der Waals surface area contributed by atoms with Crippen LogP contribution in [-0.2, 0) is 4.74 Å². The van der Waals surface area contributed by atoms with Crippen molar-refractivity contribution in [3.05, 3.63) is 24.2 Å². The maximum Gasteiger partial charge on any atom is 0.408 e. The third-order valence-electron chi connectivity index (χ3n) is 2.83. The van der Waals surface area contributed by atoms with Crippen LogP contribution in [0.15, 0.2) is 22.9 Å². The molecule has 0 bridgehead atoms. The minimum Gasteiger partial charge on any atom is -0.478 e. The SMILES string of the molecule is CCOc1cc(-c2noc([C@H](C)NC(=O)OC(C)(C)C)n2)ccn1. The molecule has 0 aromatic carbocycles. The first-order valence-corrected chi connectivity index (χ1v) is 7.71. The molecule has 0 saturated carbocycles. The zero-order chi connectivity index (χ0) is 17.7. The molecule has 8 heteroatoms. The normalized spacial score (nSPS) is 12.5. The number of alkyl carbamates (subject to hydrolysis) is 1. The van der Waals surface area contributed by atoms with Crippen LogP contribution in [-0.4, -0.2) is 33.4 Å². The number of nitrogens with one attached hydrogen (secondary N) is 1. The number of aromatic nitrogens is 3. The zero-order valence-corrected chi connectivity index (χ0v) is 14.5. The van der Waals surface area contributed by atoms with E-state index < -0.39 is 17.7 Å². The highest BCUT2D eigenvalue weighted by Gasteiger charge is 2.21. The molecule has 2 rings (SSSR count). The molecule has 0 aliphatic rings. The average molecular weight is 334 g/mol. The van der Waals surface area contributed by atoms with E-state index in [1.165, 1.54) is 0 Å². The van der Waals surface area contributed by atoms with Crippen molar-refractivity contribution in [3.63, 3.8) is 0 Å². The van der Waals surface area contributed by atoms with Gasteiger partial charge in [-0.2, -0.15) is 4.98 Å². The lowest BCUT2D eigenvalue weighted by Crippen LogP contribution is -2.34. The molecule has 8 nitrogen and oxygen atoms in total. The van der Waals surface area contributed by atoms with Crippen molar-refractivity contribution >= 4 is 6.09 Å². The number of amides is 1. The Morgan fingerprint density at radius 2 is 2.17 bits per heavy atom. The topological polar surface area (TPSA) is 99.4 Å². The Morgan fingerprint density at radius 3 is 2.83 bits per heavy atom. The Balaban J connectivity index is 2.07. The van der Waals surface area contributed by atoms with Gasteiger partial charge in [-0.05, 0) is 40.7 Å².